The second-order valence-electron chi connectivity index (χ2n) is 4.85. The summed E-state index contributed by atoms with van der Waals surface area (Å²) in [7, 11) is 0. The molecule has 0 aliphatic heterocycles. The molecule has 0 amide bonds. The zero-order valence-corrected chi connectivity index (χ0v) is 13.1. The Morgan fingerprint density at radius 2 is 1.73 bits per heavy atom. The molecule has 4 rings (SSSR count). The third-order valence-corrected chi connectivity index (χ3v) is 4.20. The number of hydrogen-bond acceptors (Lipinski definition) is 4. The number of halogens is 1. The number of nitrogens with zero attached hydrogens (tertiary/aromatic N) is 1. The quantitative estimate of drug-likeness (QED) is 0.523. The smallest absolute Gasteiger partial charge is 0.139 e. The molecule has 0 atom stereocenters. The Morgan fingerprint density at radius 3 is 2.59 bits per heavy atom. The Balaban J connectivity index is 0.00000144. The number of fused-ring (bicyclic) bond motifs is 3. The predicted octanol–water partition coefficient (Wildman–Crippen LogP) is 5.32. The molecule has 0 saturated heterocycles. The average Bonchev–Trinajstić information content (AvgIpc) is 2.97. The maximum atomic E-state index is 9.58. The Hall–Kier alpha value is -2.30. The van der Waals surface area contributed by atoms with Crippen molar-refractivity contribution in [1.82, 2.24) is 4.98 Å². The topological polar surface area (TPSA) is 45.1 Å². The number of hydrogen-bond donors (Lipinski definition) is 2. The lowest BCUT2D eigenvalue weighted by atomic mass is 10.1. The van der Waals surface area contributed by atoms with Gasteiger partial charge in [-0.25, -0.2) is 4.98 Å². The molecule has 0 radical (unpaired) electrons. The van der Waals surface area contributed by atoms with Gasteiger partial charge in [0.25, 0.3) is 0 Å². The summed E-state index contributed by atoms with van der Waals surface area (Å²) in [5, 5.41) is 20.6. The summed E-state index contributed by atoms with van der Waals surface area (Å²) in [6.07, 6.45) is 0. The maximum absolute atomic E-state index is 9.58. The SMILES string of the molecule is Cl.Oc1cccc(Nc2nc3ccccc3c3cscc23)c1. The Bertz CT molecular complexity index is 952. The van der Waals surface area contributed by atoms with Gasteiger partial charge in [-0.2, -0.15) is 11.3 Å². The van der Waals surface area contributed by atoms with E-state index in [1.165, 1.54) is 5.39 Å². The van der Waals surface area contributed by atoms with Gasteiger partial charge >= 0.3 is 0 Å². The van der Waals surface area contributed by atoms with E-state index < -0.39 is 0 Å². The molecule has 22 heavy (non-hydrogen) atoms. The van der Waals surface area contributed by atoms with Crippen LogP contribution >= 0.6 is 23.7 Å². The first kappa shape index (κ1) is 14.6. The van der Waals surface area contributed by atoms with Crippen LogP contribution in [0.15, 0.2) is 59.3 Å². The molecule has 0 spiro atoms. The van der Waals surface area contributed by atoms with E-state index in [4.69, 9.17) is 4.98 Å². The van der Waals surface area contributed by atoms with Gasteiger partial charge in [0.05, 0.1) is 5.52 Å². The number of aromatic nitrogens is 1. The number of nitrogens with one attached hydrogen (secondary N) is 1. The summed E-state index contributed by atoms with van der Waals surface area (Å²) < 4.78 is 0. The zero-order valence-electron chi connectivity index (χ0n) is 11.5. The summed E-state index contributed by atoms with van der Waals surface area (Å²) in [4.78, 5) is 4.71. The van der Waals surface area contributed by atoms with Gasteiger partial charge < -0.3 is 10.4 Å². The van der Waals surface area contributed by atoms with Crippen molar-refractivity contribution in [1.29, 1.82) is 0 Å². The van der Waals surface area contributed by atoms with E-state index in [0.717, 1.165) is 27.8 Å². The van der Waals surface area contributed by atoms with Crippen molar-refractivity contribution in [2.75, 3.05) is 5.32 Å². The minimum atomic E-state index is 0. The van der Waals surface area contributed by atoms with Crippen LogP contribution < -0.4 is 5.32 Å². The Kier molecular flexibility index (Phi) is 3.88. The summed E-state index contributed by atoms with van der Waals surface area (Å²) in [5.41, 5.74) is 1.79. The van der Waals surface area contributed by atoms with Crippen LogP contribution in [-0.2, 0) is 0 Å². The molecule has 5 heteroatoms. The van der Waals surface area contributed by atoms with Crippen LogP contribution in [0, 0.1) is 0 Å². The van der Waals surface area contributed by atoms with E-state index in [-0.39, 0.29) is 18.2 Å². The number of para-hydroxylation sites is 1. The first-order chi connectivity index (χ1) is 10.3. The summed E-state index contributed by atoms with van der Waals surface area (Å²) >= 11 is 1.67. The predicted molar refractivity (Wildman–Crippen MR) is 95.8 cm³/mol. The first-order valence-electron chi connectivity index (χ1n) is 6.62. The maximum Gasteiger partial charge on any atom is 0.139 e. The van der Waals surface area contributed by atoms with E-state index in [2.05, 4.69) is 22.1 Å². The molecule has 0 aliphatic rings. The highest BCUT2D eigenvalue weighted by molar-refractivity contribution is 7.09. The number of pyridine rings is 1. The molecular weight excluding hydrogens is 316 g/mol. The largest absolute Gasteiger partial charge is 0.508 e. The van der Waals surface area contributed by atoms with E-state index in [1.807, 2.05) is 30.3 Å². The number of phenolic OH excluding ortho intramolecular Hbond substituents is 1. The third-order valence-electron chi connectivity index (χ3n) is 3.45. The van der Waals surface area contributed by atoms with E-state index in [9.17, 15) is 5.11 Å². The second-order valence-corrected chi connectivity index (χ2v) is 5.60. The zero-order chi connectivity index (χ0) is 14.2. The Labute approximate surface area is 137 Å². The minimum Gasteiger partial charge on any atom is -0.508 e. The number of anilines is 2. The normalized spacial score (nSPS) is 10.5. The second kappa shape index (κ2) is 5.83. The molecular formula is C17H13ClN2OS. The van der Waals surface area contributed by atoms with Crippen LogP contribution in [0.3, 0.4) is 0 Å². The standard InChI is InChI=1S/C17H12N2OS.ClH/c20-12-5-3-4-11(8-12)18-17-15-10-21-9-14(15)13-6-1-2-7-16(13)19-17;/h1-10,20H,(H,18,19);1H. The Morgan fingerprint density at radius 1 is 0.909 bits per heavy atom. The van der Waals surface area contributed by atoms with Crippen molar-refractivity contribution in [3.63, 3.8) is 0 Å². The van der Waals surface area contributed by atoms with Crippen LogP contribution in [-0.4, -0.2) is 10.1 Å². The van der Waals surface area contributed by atoms with Gasteiger partial charge in [-0.1, -0.05) is 24.3 Å². The van der Waals surface area contributed by atoms with Gasteiger partial charge in [0.1, 0.15) is 11.6 Å². The van der Waals surface area contributed by atoms with Gasteiger partial charge in [-0.15, -0.1) is 12.4 Å². The van der Waals surface area contributed by atoms with Gasteiger partial charge in [-0.3, -0.25) is 0 Å². The minimum absolute atomic E-state index is 0. The fraction of sp³-hybridized carbons (Fsp3) is 0. The molecule has 2 N–H and O–H groups in total. The monoisotopic (exact) mass is 328 g/mol. The molecule has 0 unspecified atom stereocenters. The summed E-state index contributed by atoms with van der Waals surface area (Å²) in [5.74, 6) is 1.05. The molecule has 110 valence electrons. The molecule has 2 heterocycles. The molecule has 2 aromatic carbocycles. The highest BCUT2D eigenvalue weighted by atomic mass is 35.5. The van der Waals surface area contributed by atoms with Crippen molar-refractivity contribution in [2.45, 2.75) is 0 Å². The number of phenols is 1. The first-order valence-corrected chi connectivity index (χ1v) is 7.56. The number of rotatable bonds is 2. The number of thiophene rings is 1. The molecule has 0 bridgehead atoms. The fourth-order valence-corrected chi connectivity index (χ4v) is 3.32. The van der Waals surface area contributed by atoms with E-state index >= 15 is 0 Å². The van der Waals surface area contributed by atoms with Gasteiger partial charge in [0.2, 0.25) is 0 Å². The van der Waals surface area contributed by atoms with Crippen molar-refractivity contribution in [3.8, 4) is 5.75 Å². The van der Waals surface area contributed by atoms with Gasteiger partial charge in [-0.05, 0) is 23.6 Å². The van der Waals surface area contributed by atoms with Gasteiger partial charge in [0, 0.05) is 33.3 Å². The highest BCUT2D eigenvalue weighted by Gasteiger charge is 2.09. The van der Waals surface area contributed by atoms with Crippen molar-refractivity contribution < 1.29 is 5.11 Å². The van der Waals surface area contributed by atoms with Crippen molar-refractivity contribution in [3.05, 3.63) is 59.3 Å². The third kappa shape index (κ3) is 2.47. The lowest BCUT2D eigenvalue weighted by Crippen LogP contribution is -1.94. The van der Waals surface area contributed by atoms with Crippen LogP contribution in [0.25, 0.3) is 21.7 Å². The molecule has 0 saturated carbocycles. The average molecular weight is 329 g/mol. The summed E-state index contributed by atoms with van der Waals surface area (Å²) in [6.45, 7) is 0. The highest BCUT2D eigenvalue weighted by Crippen LogP contribution is 2.33. The number of benzene rings is 2. The van der Waals surface area contributed by atoms with E-state index in [1.54, 1.807) is 23.5 Å². The van der Waals surface area contributed by atoms with Crippen LogP contribution in [0.1, 0.15) is 0 Å². The fourth-order valence-electron chi connectivity index (χ4n) is 2.48. The molecule has 2 aromatic heterocycles. The van der Waals surface area contributed by atoms with Crippen LogP contribution in [0.5, 0.6) is 5.75 Å². The van der Waals surface area contributed by atoms with Crippen LogP contribution in [0.4, 0.5) is 11.5 Å². The molecule has 4 aromatic rings. The molecule has 0 fully saturated rings. The van der Waals surface area contributed by atoms with Gasteiger partial charge in [0.15, 0.2) is 0 Å². The lowest BCUT2D eigenvalue weighted by Gasteiger charge is -2.09. The van der Waals surface area contributed by atoms with Crippen LogP contribution in [0.2, 0.25) is 0 Å². The molecule has 0 aliphatic carbocycles. The van der Waals surface area contributed by atoms with Crippen molar-refractivity contribution >= 4 is 56.9 Å². The number of aromatic hydroxyl groups is 1. The lowest BCUT2D eigenvalue weighted by molar-refractivity contribution is 0.475. The molecule has 3 nitrogen and oxygen atoms in total. The van der Waals surface area contributed by atoms with E-state index in [0.29, 0.717) is 0 Å². The van der Waals surface area contributed by atoms with Crippen molar-refractivity contribution in [2.24, 2.45) is 0 Å². The summed E-state index contributed by atoms with van der Waals surface area (Å²) in [6, 6.07) is 15.2.